The van der Waals surface area contributed by atoms with Crippen molar-refractivity contribution >= 4 is 5.91 Å². The maximum atomic E-state index is 12.4. The van der Waals surface area contributed by atoms with Crippen LogP contribution in [0.3, 0.4) is 0 Å². The van der Waals surface area contributed by atoms with Crippen LogP contribution in [0.2, 0.25) is 0 Å². The van der Waals surface area contributed by atoms with E-state index in [4.69, 9.17) is 4.74 Å². The van der Waals surface area contributed by atoms with Crippen LogP contribution in [0, 0.1) is 5.92 Å². The number of ether oxygens (including phenoxy) is 1. The van der Waals surface area contributed by atoms with E-state index in [1.165, 1.54) is 0 Å². The average Bonchev–Trinajstić information content (AvgIpc) is 2.54. The SMILES string of the molecule is O=C(NCCC(O)C1CCOCC1)c1ccc(C(F)(F)F)nc1. The Bertz CT molecular complexity index is 514. The number of carbonyl (C=O) groups is 1. The van der Waals surface area contributed by atoms with Gasteiger partial charge in [-0.15, -0.1) is 0 Å². The monoisotopic (exact) mass is 332 g/mol. The first-order valence-electron chi connectivity index (χ1n) is 7.45. The number of nitrogens with one attached hydrogen (secondary N) is 1. The molecule has 23 heavy (non-hydrogen) atoms. The molecule has 2 heterocycles. The van der Waals surface area contributed by atoms with Gasteiger partial charge in [0.25, 0.3) is 5.91 Å². The second kappa shape index (κ2) is 7.74. The minimum Gasteiger partial charge on any atom is -0.393 e. The number of alkyl halides is 3. The first kappa shape index (κ1) is 17.7. The molecule has 0 aliphatic carbocycles. The topological polar surface area (TPSA) is 71.5 Å². The number of aliphatic hydroxyl groups excluding tert-OH is 1. The Morgan fingerprint density at radius 1 is 1.39 bits per heavy atom. The van der Waals surface area contributed by atoms with Crippen molar-refractivity contribution in [3.63, 3.8) is 0 Å². The Morgan fingerprint density at radius 2 is 2.09 bits per heavy atom. The second-order valence-electron chi connectivity index (χ2n) is 5.49. The highest BCUT2D eigenvalue weighted by Crippen LogP contribution is 2.27. The van der Waals surface area contributed by atoms with Crippen LogP contribution in [0.15, 0.2) is 18.3 Å². The minimum absolute atomic E-state index is 0.0542. The number of aliphatic hydroxyl groups is 1. The summed E-state index contributed by atoms with van der Waals surface area (Å²) in [7, 11) is 0. The fourth-order valence-electron chi connectivity index (χ4n) is 2.47. The lowest BCUT2D eigenvalue weighted by Crippen LogP contribution is -2.32. The lowest BCUT2D eigenvalue weighted by molar-refractivity contribution is -0.141. The summed E-state index contributed by atoms with van der Waals surface area (Å²) in [6.07, 6.45) is -2.18. The quantitative estimate of drug-likeness (QED) is 0.865. The highest BCUT2D eigenvalue weighted by Gasteiger charge is 2.32. The van der Waals surface area contributed by atoms with Gasteiger partial charge in [-0.3, -0.25) is 9.78 Å². The Morgan fingerprint density at radius 3 is 2.65 bits per heavy atom. The predicted octanol–water partition coefficient (Wildman–Crippen LogP) is 2.01. The molecule has 2 N–H and O–H groups in total. The maximum Gasteiger partial charge on any atom is 0.433 e. The van der Waals surface area contributed by atoms with Gasteiger partial charge in [-0.2, -0.15) is 13.2 Å². The highest BCUT2D eigenvalue weighted by molar-refractivity contribution is 5.93. The van der Waals surface area contributed by atoms with Crippen molar-refractivity contribution in [2.45, 2.75) is 31.5 Å². The Kier molecular flexibility index (Phi) is 5.95. The molecule has 2 rings (SSSR count). The van der Waals surface area contributed by atoms with Crippen molar-refractivity contribution in [1.29, 1.82) is 0 Å². The Hall–Kier alpha value is -1.67. The second-order valence-corrected chi connectivity index (χ2v) is 5.49. The summed E-state index contributed by atoms with van der Waals surface area (Å²) < 4.78 is 42.4. The van der Waals surface area contributed by atoms with Gasteiger partial charge in [-0.1, -0.05) is 0 Å². The van der Waals surface area contributed by atoms with E-state index in [2.05, 4.69) is 10.3 Å². The van der Waals surface area contributed by atoms with E-state index in [0.29, 0.717) is 19.6 Å². The number of amides is 1. The van der Waals surface area contributed by atoms with E-state index in [0.717, 1.165) is 31.2 Å². The number of hydrogen-bond donors (Lipinski definition) is 2. The van der Waals surface area contributed by atoms with Crippen molar-refractivity contribution in [3.05, 3.63) is 29.6 Å². The number of rotatable bonds is 5. The normalized spacial score (nSPS) is 17.7. The predicted molar refractivity (Wildman–Crippen MR) is 75.7 cm³/mol. The van der Waals surface area contributed by atoms with E-state index >= 15 is 0 Å². The molecule has 0 saturated carbocycles. The van der Waals surface area contributed by atoms with Gasteiger partial charge in [0.2, 0.25) is 0 Å². The van der Waals surface area contributed by atoms with Crippen LogP contribution in [-0.2, 0) is 10.9 Å². The molecular weight excluding hydrogens is 313 g/mol. The summed E-state index contributed by atoms with van der Waals surface area (Å²) in [4.78, 5) is 15.1. The third-order valence-corrected chi connectivity index (χ3v) is 3.85. The van der Waals surface area contributed by atoms with Crippen LogP contribution in [0.1, 0.15) is 35.3 Å². The van der Waals surface area contributed by atoms with Gasteiger partial charge >= 0.3 is 6.18 Å². The van der Waals surface area contributed by atoms with Crippen molar-refractivity contribution in [1.82, 2.24) is 10.3 Å². The third-order valence-electron chi connectivity index (χ3n) is 3.85. The Balaban J connectivity index is 1.78. The average molecular weight is 332 g/mol. The van der Waals surface area contributed by atoms with Gasteiger partial charge < -0.3 is 15.2 Å². The van der Waals surface area contributed by atoms with Crippen LogP contribution < -0.4 is 5.32 Å². The van der Waals surface area contributed by atoms with Gasteiger partial charge in [-0.25, -0.2) is 0 Å². The van der Waals surface area contributed by atoms with Crippen molar-refractivity contribution in [3.8, 4) is 0 Å². The summed E-state index contributed by atoms with van der Waals surface area (Å²) in [5.74, 6) is -0.348. The molecule has 0 bridgehead atoms. The van der Waals surface area contributed by atoms with E-state index in [-0.39, 0.29) is 18.0 Å². The zero-order valence-corrected chi connectivity index (χ0v) is 12.5. The summed E-state index contributed by atoms with van der Waals surface area (Å²) >= 11 is 0. The first-order valence-corrected chi connectivity index (χ1v) is 7.45. The molecule has 0 aromatic carbocycles. The molecule has 1 fully saturated rings. The van der Waals surface area contributed by atoms with Crippen molar-refractivity contribution in [2.24, 2.45) is 5.92 Å². The van der Waals surface area contributed by atoms with Gasteiger partial charge in [0, 0.05) is 26.0 Å². The lowest BCUT2D eigenvalue weighted by atomic mass is 9.92. The van der Waals surface area contributed by atoms with Crippen LogP contribution in [0.25, 0.3) is 0 Å². The lowest BCUT2D eigenvalue weighted by Gasteiger charge is -2.26. The molecule has 1 saturated heterocycles. The van der Waals surface area contributed by atoms with Crippen molar-refractivity contribution < 1.29 is 27.8 Å². The molecule has 1 unspecified atom stereocenters. The van der Waals surface area contributed by atoms with Gasteiger partial charge in [-0.05, 0) is 37.3 Å². The van der Waals surface area contributed by atoms with E-state index in [1.807, 2.05) is 0 Å². The molecule has 0 radical (unpaired) electrons. The summed E-state index contributed by atoms with van der Waals surface area (Å²) in [6.45, 7) is 1.51. The summed E-state index contributed by atoms with van der Waals surface area (Å²) in [5, 5.41) is 12.6. The van der Waals surface area contributed by atoms with Gasteiger partial charge in [0.05, 0.1) is 11.7 Å². The highest BCUT2D eigenvalue weighted by atomic mass is 19.4. The number of aromatic nitrogens is 1. The number of pyridine rings is 1. The smallest absolute Gasteiger partial charge is 0.393 e. The molecule has 1 aromatic rings. The molecule has 1 amide bonds. The number of halogens is 3. The molecule has 1 aliphatic heterocycles. The van der Waals surface area contributed by atoms with E-state index < -0.39 is 23.9 Å². The molecule has 0 spiro atoms. The summed E-state index contributed by atoms with van der Waals surface area (Å²) in [5.41, 5.74) is -0.984. The molecule has 1 aromatic heterocycles. The van der Waals surface area contributed by atoms with E-state index in [1.54, 1.807) is 0 Å². The van der Waals surface area contributed by atoms with E-state index in [9.17, 15) is 23.1 Å². The molecule has 8 heteroatoms. The molecule has 1 atom stereocenters. The van der Waals surface area contributed by atoms with Crippen LogP contribution in [0.5, 0.6) is 0 Å². The van der Waals surface area contributed by atoms with Gasteiger partial charge in [0.15, 0.2) is 0 Å². The van der Waals surface area contributed by atoms with Crippen molar-refractivity contribution in [2.75, 3.05) is 19.8 Å². The number of carbonyl (C=O) groups excluding carboxylic acids is 1. The zero-order chi connectivity index (χ0) is 16.9. The fourth-order valence-corrected chi connectivity index (χ4v) is 2.47. The minimum atomic E-state index is -4.52. The zero-order valence-electron chi connectivity index (χ0n) is 12.5. The fraction of sp³-hybridized carbons (Fsp3) is 0.600. The van der Waals surface area contributed by atoms with Crippen LogP contribution >= 0.6 is 0 Å². The molecule has 5 nitrogen and oxygen atoms in total. The summed E-state index contributed by atoms with van der Waals surface area (Å²) in [6, 6.07) is 1.85. The first-order chi connectivity index (χ1) is 10.9. The number of nitrogens with zero attached hydrogens (tertiary/aromatic N) is 1. The standard InChI is InChI=1S/C15H19F3N2O3/c16-15(17,18)13-2-1-11(9-20-13)14(22)19-6-3-12(21)10-4-7-23-8-5-10/h1-2,9-10,12,21H,3-8H2,(H,19,22). The third kappa shape index (κ3) is 5.18. The molecular formula is C15H19F3N2O3. The largest absolute Gasteiger partial charge is 0.433 e. The maximum absolute atomic E-state index is 12.4. The molecule has 128 valence electrons. The van der Waals surface area contributed by atoms with Gasteiger partial charge in [0.1, 0.15) is 5.69 Å². The van der Waals surface area contributed by atoms with Crippen LogP contribution in [-0.4, -0.2) is 41.9 Å². The Labute approximate surface area is 131 Å². The number of hydrogen-bond acceptors (Lipinski definition) is 4. The molecule has 1 aliphatic rings. The van der Waals surface area contributed by atoms with Crippen LogP contribution in [0.4, 0.5) is 13.2 Å².